The molecule has 0 aliphatic carbocycles. The normalized spacial score (nSPS) is 11.2. The van der Waals surface area contributed by atoms with Crippen molar-refractivity contribution < 1.29 is 14.3 Å². The van der Waals surface area contributed by atoms with Crippen LogP contribution in [0.15, 0.2) is 108 Å². The van der Waals surface area contributed by atoms with Gasteiger partial charge in [-0.3, -0.25) is 4.79 Å². The fraction of sp³-hybridized carbons (Fsp3) is 0.103. The molecule has 0 aliphatic heterocycles. The third-order valence-corrected chi connectivity index (χ3v) is 6.83. The molecule has 6 nitrogen and oxygen atoms in total. The Morgan fingerprint density at radius 2 is 1.24 bits per heavy atom. The van der Waals surface area contributed by atoms with E-state index in [2.05, 4.69) is 16.0 Å². The Balaban J connectivity index is 1.47. The third kappa shape index (κ3) is 7.49. The van der Waals surface area contributed by atoms with Gasteiger partial charge in [0.15, 0.2) is 5.11 Å². The molecule has 3 N–H and O–H groups in total. The molecular weight excluding hydrogens is 502 g/mol. The van der Waals surface area contributed by atoms with Crippen molar-refractivity contribution in [2.24, 2.45) is 0 Å². The Morgan fingerprint density at radius 3 is 1.81 bits per heavy atom. The van der Waals surface area contributed by atoms with Crippen molar-refractivity contribution in [3.8, 4) is 11.5 Å². The largest absolute Gasteiger partial charge is 0.497 e. The Morgan fingerprint density at radius 1 is 0.703 bits per heavy atom. The van der Waals surface area contributed by atoms with E-state index in [-0.39, 0.29) is 5.91 Å². The van der Waals surface area contributed by atoms with E-state index in [4.69, 9.17) is 21.7 Å². The molecule has 0 saturated heterocycles. The number of anilines is 3. The molecule has 4 aromatic rings. The Kier molecular flexibility index (Phi) is 9.02. The number of hydrogen-bond donors (Lipinski definition) is 3. The van der Waals surface area contributed by atoms with Crippen LogP contribution in [0.1, 0.15) is 10.8 Å². The molecule has 1 atom stereocenters. The third-order valence-electron chi connectivity index (χ3n) is 5.36. The zero-order valence-corrected chi connectivity index (χ0v) is 22.1. The van der Waals surface area contributed by atoms with Crippen LogP contribution in [-0.4, -0.2) is 25.2 Å². The summed E-state index contributed by atoms with van der Waals surface area (Å²) < 4.78 is 10.7. The second-order valence-electron chi connectivity index (χ2n) is 7.97. The predicted molar refractivity (Wildman–Crippen MR) is 156 cm³/mol. The van der Waals surface area contributed by atoms with E-state index >= 15 is 0 Å². The van der Waals surface area contributed by atoms with Gasteiger partial charge in [0.1, 0.15) is 16.7 Å². The maximum absolute atomic E-state index is 13.5. The number of para-hydroxylation sites is 1. The number of carbonyl (C=O) groups is 1. The van der Waals surface area contributed by atoms with Crippen LogP contribution in [0.2, 0.25) is 0 Å². The average molecular weight is 530 g/mol. The summed E-state index contributed by atoms with van der Waals surface area (Å²) in [5.41, 5.74) is 3.26. The molecule has 0 aromatic heterocycles. The number of thioether (sulfide) groups is 1. The minimum Gasteiger partial charge on any atom is -0.497 e. The van der Waals surface area contributed by atoms with Crippen LogP contribution in [-0.2, 0) is 4.79 Å². The van der Waals surface area contributed by atoms with Gasteiger partial charge in [0.05, 0.1) is 14.2 Å². The van der Waals surface area contributed by atoms with Gasteiger partial charge in [0.2, 0.25) is 5.91 Å². The number of methoxy groups -OCH3 is 2. The lowest BCUT2D eigenvalue weighted by Crippen LogP contribution is -2.19. The van der Waals surface area contributed by atoms with Gasteiger partial charge in [-0.1, -0.05) is 48.5 Å². The zero-order valence-electron chi connectivity index (χ0n) is 20.4. The highest BCUT2D eigenvalue weighted by atomic mass is 32.2. The van der Waals surface area contributed by atoms with Crippen molar-refractivity contribution >= 4 is 52.1 Å². The number of hydrogen-bond acceptors (Lipinski definition) is 5. The molecule has 1 unspecified atom stereocenters. The molecule has 0 bridgehead atoms. The van der Waals surface area contributed by atoms with Crippen molar-refractivity contribution in [1.82, 2.24) is 0 Å². The molecule has 37 heavy (non-hydrogen) atoms. The molecule has 188 valence electrons. The van der Waals surface area contributed by atoms with Crippen LogP contribution in [0.5, 0.6) is 11.5 Å². The van der Waals surface area contributed by atoms with Crippen molar-refractivity contribution in [3.05, 3.63) is 109 Å². The highest BCUT2D eigenvalue weighted by Crippen LogP contribution is 2.37. The summed E-state index contributed by atoms with van der Waals surface area (Å²) in [6, 6.07) is 32.5. The Labute approximate surface area is 226 Å². The SMILES string of the molecule is COc1cc(NC(=O)C(Sc2ccc(NC(=S)Nc3ccccc3)cc2)c2ccccc2)cc(OC)c1. The van der Waals surface area contributed by atoms with Gasteiger partial charge in [-0.2, -0.15) is 0 Å². The van der Waals surface area contributed by atoms with Gasteiger partial charge in [0, 0.05) is 40.2 Å². The molecule has 0 fully saturated rings. The first-order valence-electron chi connectivity index (χ1n) is 11.5. The summed E-state index contributed by atoms with van der Waals surface area (Å²) in [5.74, 6) is 1.05. The first kappa shape index (κ1) is 26.1. The molecular formula is C29H27N3O3S2. The number of carbonyl (C=O) groups excluding carboxylic acids is 1. The first-order valence-corrected chi connectivity index (χ1v) is 12.8. The van der Waals surface area contributed by atoms with E-state index < -0.39 is 5.25 Å². The van der Waals surface area contributed by atoms with Gasteiger partial charge in [-0.25, -0.2) is 0 Å². The lowest BCUT2D eigenvalue weighted by atomic mass is 10.1. The topological polar surface area (TPSA) is 71.6 Å². The molecule has 4 aromatic carbocycles. The number of nitrogens with one attached hydrogen (secondary N) is 3. The second-order valence-corrected chi connectivity index (χ2v) is 9.56. The zero-order chi connectivity index (χ0) is 26.0. The maximum Gasteiger partial charge on any atom is 0.242 e. The number of ether oxygens (including phenoxy) is 2. The van der Waals surface area contributed by atoms with Crippen LogP contribution >= 0.6 is 24.0 Å². The Hall–Kier alpha value is -4.01. The first-order chi connectivity index (χ1) is 18.0. The number of rotatable bonds is 9. The standard InChI is InChI=1S/C29H27N3O3S2/c1-34-24-17-23(18-25(19-24)35-2)30-28(33)27(20-9-5-3-6-10-20)37-26-15-13-22(14-16-26)32-29(36)31-21-11-7-4-8-12-21/h3-19,27H,1-2H3,(H,30,33)(H2,31,32,36). The van der Waals surface area contributed by atoms with Crippen LogP contribution in [0, 0.1) is 0 Å². The fourth-order valence-corrected chi connectivity index (χ4v) is 4.82. The van der Waals surface area contributed by atoms with Gasteiger partial charge >= 0.3 is 0 Å². The highest BCUT2D eigenvalue weighted by molar-refractivity contribution is 8.00. The highest BCUT2D eigenvalue weighted by Gasteiger charge is 2.22. The molecule has 0 aliphatic rings. The fourth-order valence-electron chi connectivity index (χ4n) is 3.56. The number of benzene rings is 4. The van der Waals surface area contributed by atoms with Crippen LogP contribution < -0.4 is 25.4 Å². The quantitative estimate of drug-likeness (QED) is 0.159. The van der Waals surface area contributed by atoms with E-state index in [1.807, 2.05) is 84.9 Å². The molecule has 0 spiro atoms. The molecule has 4 rings (SSSR count). The van der Waals surface area contributed by atoms with Gasteiger partial charge in [-0.05, 0) is 54.2 Å². The van der Waals surface area contributed by atoms with E-state index in [9.17, 15) is 4.79 Å². The number of thiocarbonyl (C=S) groups is 1. The van der Waals surface area contributed by atoms with Crippen molar-refractivity contribution in [2.45, 2.75) is 10.1 Å². The summed E-state index contributed by atoms with van der Waals surface area (Å²) >= 11 is 6.89. The summed E-state index contributed by atoms with van der Waals surface area (Å²) in [5, 5.41) is 9.39. The minimum absolute atomic E-state index is 0.151. The smallest absolute Gasteiger partial charge is 0.242 e. The van der Waals surface area contributed by atoms with Crippen molar-refractivity contribution in [1.29, 1.82) is 0 Å². The molecule has 1 amide bonds. The van der Waals surface area contributed by atoms with Gasteiger partial charge in [-0.15, -0.1) is 11.8 Å². The lowest BCUT2D eigenvalue weighted by molar-refractivity contribution is -0.115. The van der Waals surface area contributed by atoms with Crippen LogP contribution in [0.25, 0.3) is 0 Å². The van der Waals surface area contributed by atoms with Crippen molar-refractivity contribution in [3.63, 3.8) is 0 Å². The summed E-state index contributed by atoms with van der Waals surface area (Å²) in [4.78, 5) is 14.4. The molecule has 8 heteroatoms. The van der Waals surface area contributed by atoms with Crippen LogP contribution in [0.4, 0.5) is 17.1 Å². The second kappa shape index (κ2) is 12.8. The molecule has 0 saturated carbocycles. The van der Waals surface area contributed by atoms with E-state index in [0.29, 0.717) is 22.3 Å². The summed E-state index contributed by atoms with van der Waals surface area (Å²) in [6.45, 7) is 0. The van der Waals surface area contributed by atoms with Gasteiger partial charge < -0.3 is 25.4 Å². The maximum atomic E-state index is 13.5. The van der Waals surface area contributed by atoms with E-state index in [1.165, 1.54) is 11.8 Å². The summed E-state index contributed by atoms with van der Waals surface area (Å²) in [6.07, 6.45) is 0. The predicted octanol–water partition coefficient (Wildman–Crippen LogP) is 6.98. The Bertz CT molecular complexity index is 1310. The summed E-state index contributed by atoms with van der Waals surface area (Å²) in [7, 11) is 3.15. The molecule has 0 radical (unpaired) electrons. The van der Waals surface area contributed by atoms with E-state index in [0.717, 1.165) is 21.8 Å². The van der Waals surface area contributed by atoms with Gasteiger partial charge in [0.25, 0.3) is 0 Å². The average Bonchev–Trinajstić information content (AvgIpc) is 2.93. The van der Waals surface area contributed by atoms with E-state index in [1.54, 1.807) is 32.4 Å². The minimum atomic E-state index is -0.474. The van der Waals surface area contributed by atoms with Crippen LogP contribution in [0.3, 0.4) is 0 Å². The van der Waals surface area contributed by atoms with Crippen molar-refractivity contribution in [2.75, 3.05) is 30.2 Å². The molecule has 0 heterocycles. The number of amides is 1. The monoisotopic (exact) mass is 529 g/mol. The lowest BCUT2D eigenvalue weighted by Gasteiger charge is -2.18.